The molecule has 1 aromatic carbocycles. The van der Waals surface area contributed by atoms with Crippen LogP contribution < -0.4 is 9.47 Å². The average Bonchev–Trinajstić information content (AvgIpc) is 2.95. The first-order valence-corrected chi connectivity index (χ1v) is 7.30. The molecule has 0 spiro atoms. The molecule has 110 valence electrons. The van der Waals surface area contributed by atoms with Crippen molar-refractivity contribution in [2.45, 2.75) is 32.8 Å². The van der Waals surface area contributed by atoms with E-state index in [0.29, 0.717) is 41.9 Å². The van der Waals surface area contributed by atoms with Gasteiger partial charge in [-0.2, -0.15) is 0 Å². The minimum absolute atomic E-state index is 0.0866. The molecule has 0 amide bonds. The van der Waals surface area contributed by atoms with Gasteiger partial charge in [-0.1, -0.05) is 11.6 Å². The zero-order valence-electron chi connectivity index (χ0n) is 11.8. The maximum atomic E-state index is 12.4. The monoisotopic (exact) mass is 298 g/mol. The quantitative estimate of drug-likeness (QED) is 0.754. The van der Waals surface area contributed by atoms with E-state index in [2.05, 4.69) is 0 Å². The fourth-order valence-corrected chi connectivity index (χ4v) is 2.47. The number of benzene rings is 1. The molecule has 1 atom stereocenters. The molecule has 0 aliphatic carbocycles. The molecule has 0 bridgehead atoms. The molecule has 1 heterocycles. The first kappa shape index (κ1) is 15.1. The second-order valence-electron chi connectivity index (χ2n) is 4.51. The smallest absolute Gasteiger partial charge is 0.193 e. The van der Waals surface area contributed by atoms with Crippen molar-refractivity contribution in [1.29, 1.82) is 0 Å². The van der Waals surface area contributed by atoms with Crippen LogP contribution in [-0.2, 0) is 4.74 Å². The summed E-state index contributed by atoms with van der Waals surface area (Å²) in [4.78, 5) is 12.4. The SMILES string of the molecule is CCOc1cc(Cl)c(C(=O)C2CCCO2)cc1OCC. The summed E-state index contributed by atoms with van der Waals surface area (Å²) in [6.07, 6.45) is 1.26. The lowest BCUT2D eigenvalue weighted by atomic mass is 10.0. The van der Waals surface area contributed by atoms with Gasteiger partial charge in [0.2, 0.25) is 0 Å². The fourth-order valence-electron chi connectivity index (χ4n) is 2.22. The lowest BCUT2D eigenvalue weighted by molar-refractivity contribution is 0.0642. The summed E-state index contributed by atoms with van der Waals surface area (Å²) in [5.41, 5.74) is 0.436. The van der Waals surface area contributed by atoms with Crippen molar-refractivity contribution in [2.24, 2.45) is 0 Å². The molecule has 1 aromatic rings. The van der Waals surface area contributed by atoms with Crippen LogP contribution in [0.3, 0.4) is 0 Å². The van der Waals surface area contributed by atoms with E-state index >= 15 is 0 Å². The highest BCUT2D eigenvalue weighted by Crippen LogP contribution is 2.35. The highest BCUT2D eigenvalue weighted by atomic mass is 35.5. The third-order valence-electron chi connectivity index (χ3n) is 3.12. The Kier molecular flexibility index (Phi) is 5.26. The molecule has 1 unspecified atom stereocenters. The van der Waals surface area contributed by atoms with Crippen LogP contribution in [0.4, 0.5) is 0 Å². The van der Waals surface area contributed by atoms with Gasteiger partial charge in [0.15, 0.2) is 17.3 Å². The van der Waals surface area contributed by atoms with Crippen molar-refractivity contribution in [3.05, 3.63) is 22.7 Å². The van der Waals surface area contributed by atoms with Gasteiger partial charge in [0.05, 0.1) is 18.2 Å². The van der Waals surface area contributed by atoms with Crippen molar-refractivity contribution < 1.29 is 19.0 Å². The Labute approximate surface area is 124 Å². The minimum atomic E-state index is -0.389. The molecule has 1 aliphatic rings. The molecule has 2 rings (SSSR count). The van der Waals surface area contributed by atoms with E-state index in [9.17, 15) is 4.79 Å². The number of Topliss-reactive ketones (excluding diaryl/α,β-unsaturated/α-hetero) is 1. The molecule has 1 fully saturated rings. The Hall–Kier alpha value is -1.26. The van der Waals surface area contributed by atoms with E-state index in [4.69, 9.17) is 25.8 Å². The second-order valence-corrected chi connectivity index (χ2v) is 4.92. The third-order valence-corrected chi connectivity index (χ3v) is 3.43. The van der Waals surface area contributed by atoms with E-state index in [-0.39, 0.29) is 11.9 Å². The Bertz CT molecular complexity index is 481. The van der Waals surface area contributed by atoms with Crippen molar-refractivity contribution in [3.8, 4) is 11.5 Å². The molecule has 0 saturated carbocycles. The van der Waals surface area contributed by atoms with Gasteiger partial charge in [-0.15, -0.1) is 0 Å². The number of ketones is 1. The van der Waals surface area contributed by atoms with E-state index < -0.39 is 0 Å². The standard InChI is InChI=1S/C15H19ClO4/c1-3-18-13-8-10(11(16)9-14(13)19-4-2)15(17)12-6-5-7-20-12/h8-9,12H,3-7H2,1-2H3. The Morgan fingerprint density at radius 3 is 2.50 bits per heavy atom. The molecule has 5 heteroatoms. The maximum absolute atomic E-state index is 12.4. The molecule has 1 saturated heterocycles. The normalized spacial score (nSPS) is 18.1. The van der Waals surface area contributed by atoms with Gasteiger partial charge < -0.3 is 14.2 Å². The summed E-state index contributed by atoms with van der Waals surface area (Å²) in [5, 5.41) is 0.373. The number of ether oxygens (including phenoxy) is 3. The highest BCUT2D eigenvalue weighted by Gasteiger charge is 2.27. The summed E-state index contributed by atoms with van der Waals surface area (Å²) in [6.45, 7) is 5.40. The van der Waals surface area contributed by atoms with Gasteiger partial charge in [0.25, 0.3) is 0 Å². The van der Waals surface area contributed by atoms with E-state index in [0.717, 1.165) is 12.8 Å². The predicted molar refractivity (Wildman–Crippen MR) is 77.1 cm³/mol. The predicted octanol–water partition coefficient (Wildman–Crippen LogP) is 3.50. The average molecular weight is 299 g/mol. The van der Waals surface area contributed by atoms with Gasteiger partial charge in [0.1, 0.15) is 6.10 Å². The third kappa shape index (κ3) is 3.25. The summed E-state index contributed by atoms with van der Waals surface area (Å²) < 4.78 is 16.4. The van der Waals surface area contributed by atoms with Gasteiger partial charge in [-0.3, -0.25) is 4.79 Å². The second kappa shape index (κ2) is 6.95. The Morgan fingerprint density at radius 2 is 1.95 bits per heavy atom. The van der Waals surface area contributed by atoms with Crippen molar-refractivity contribution in [3.63, 3.8) is 0 Å². The zero-order valence-corrected chi connectivity index (χ0v) is 12.5. The van der Waals surface area contributed by atoms with Crippen molar-refractivity contribution in [1.82, 2.24) is 0 Å². The molecule has 0 N–H and O–H groups in total. The first-order valence-electron chi connectivity index (χ1n) is 6.92. The van der Waals surface area contributed by atoms with E-state index in [1.165, 1.54) is 0 Å². The minimum Gasteiger partial charge on any atom is -0.490 e. The van der Waals surface area contributed by atoms with Crippen LogP contribution in [0.1, 0.15) is 37.0 Å². The van der Waals surface area contributed by atoms with E-state index in [1.54, 1.807) is 12.1 Å². The molecular formula is C15H19ClO4. The molecule has 1 aliphatic heterocycles. The van der Waals surface area contributed by atoms with Crippen LogP contribution in [0.2, 0.25) is 5.02 Å². The molecule has 4 nitrogen and oxygen atoms in total. The lowest BCUT2D eigenvalue weighted by Crippen LogP contribution is -2.20. The topological polar surface area (TPSA) is 44.8 Å². The van der Waals surface area contributed by atoms with Gasteiger partial charge in [0, 0.05) is 18.2 Å². The van der Waals surface area contributed by atoms with Crippen LogP contribution >= 0.6 is 11.6 Å². The molecule has 0 aromatic heterocycles. The summed E-state index contributed by atoms with van der Waals surface area (Å²) in [6, 6.07) is 3.29. The van der Waals surface area contributed by atoms with Crippen LogP contribution in [0.15, 0.2) is 12.1 Å². The highest BCUT2D eigenvalue weighted by molar-refractivity contribution is 6.34. The molecule has 20 heavy (non-hydrogen) atoms. The summed E-state index contributed by atoms with van der Waals surface area (Å²) >= 11 is 6.20. The molecular weight excluding hydrogens is 280 g/mol. The van der Waals surface area contributed by atoms with Crippen molar-refractivity contribution in [2.75, 3.05) is 19.8 Å². The molecule has 0 radical (unpaired) electrons. The number of rotatable bonds is 6. The van der Waals surface area contributed by atoms with Crippen LogP contribution in [0.25, 0.3) is 0 Å². The Balaban J connectivity index is 2.32. The van der Waals surface area contributed by atoms with Crippen LogP contribution in [0.5, 0.6) is 11.5 Å². The number of halogens is 1. The van der Waals surface area contributed by atoms with Crippen LogP contribution in [0, 0.1) is 0 Å². The maximum Gasteiger partial charge on any atom is 0.193 e. The van der Waals surface area contributed by atoms with Crippen LogP contribution in [-0.4, -0.2) is 31.7 Å². The lowest BCUT2D eigenvalue weighted by Gasteiger charge is -2.15. The van der Waals surface area contributed by atoms with E-state index in [1.807, 2.05) is 13.8 Å². The number of carbonyl (C=O) groups is 1. The summed E-state index contributed by atoms with van der Waals surface area (Å²) in [5.74, 6) is 1.01. The number of hydrogen-bond donors (Lipinski definition) is 0. The van der Waals surface area contributed by atoms with Gasteiger partial charge >= 0.3 is 0 Å². The largest absolute Gasteiger partial charge is 0.490 e. The number of carbonyl (C=O) groups excluding carboxylic acids is 1. The van der Waals surface area contributed by atoms with Crippen molar-refractivity contribution >= 4 is 17.4 Å². The zero-order chi connectivity index (χ0) is 14.5. The fraction of sp³-hybridized carbons (Fsp3) is 0.533. The first-order chi connectivity index (χ1) is 9.67. The Morgan fingerprint density at radius 1 is 1.30 bits per heavy atom. The number of hydrogen-bond acceptors (Lipinski definition) is 4. The van der Waals surface area contributed by atoms with Gasteiger partial charge in [-0.25, -0.2) is 0 Å². The summed E-state index contributed by atoms with van der Waals surface area (Å²) in [7, 11) is 0. The van der Waals surface area contributed by atoms with Gasteiger partial charge in [-0.05, 0) is 32.8 Å².